The summed E-state index contributed by atoms with van der Waals surface area (Å²) in [7, 11) is 0. The maximum absolute atomic E-state index is 13.1. The number of fused-ring (bicyclic) bond motifs is 1. The summed E-state index contributed by atoms with van der Waals surface area (Å²) in [5, 5.41) is 9.76. The number of benzene rings is 2. The monoisotopic (exact) mass is 270 g/mol. The fourth-order valence-corrected chi connectivity index (χ4v) is 2.23. The van der Waals surface area contributed by atoms with E-state index in [1.165, 1.54) is 36.6 Å². The molecular weight excluding hydrogens is 259 g/mol. The second-order valence-electron chi connectivity index (χ2n) is 4.62. The molecule has 1 N–H and O–H groups in total. The zero-order valence-electron chi connectivity index (χ0n) is 10.7. The first-order valence-corrected chi connectivity index (χ1v) is 6.07. The van der Waals surface area contributed by atoms with Crippen LogP contribution in [0.25, 0.3) is 22.1 Å². The molecule has 3 rings (SSSR count). The number of phenolic OH excluding ortho intramolecular Hbond substituents is 1. The molecule has 1 heterocycles. The van der Waals surface area contributed by atoms with E-state index < -0.39 is 0 Å². The van der Waals surface area contributed by atoms with Gasteiger partial charge in [0.1, 0.15) is 23.4 Å². The Morgan fingerprint density at radius 3 is 2.65 bits per heavy atom. The molecule has 0 saturated carbocycles. The normalized spacial score (nSPS) is 10.9. The Kier molecular flexibility index (Phi) is 2.79. The third-order valence-electron chi connectivity index (χ3n) is 3.24. The predicted molar refractivity (Wildman–Crippen MR) is 74.3 cm³/mol. The lowest BCUT2D eigenvalue weighted by Gasteiger charge is -2.06. The summed E-state index contributed by atoms with van der Waals surface area (Å²) in [6.07, 6.45) is 1.34. The Hall–Kier alpha value is -2.62. The highest BCUT2D eigenvalue weighted by molar-refractivity contribution is 5.83. The molecule has 0 amide bonds. The van der Waals surface area contributed by atoms with Crippen molar-refractivity contribution >= 4 is 11.0 Å². The third-order valence-corrected chi connectivity index (χ3v) is 3.24. The average Bonchev–Trinajstić information content (AvgIpc) is 2.40. The molecule has 2 aromatic carbocycles. The molecule has 0 bridgehead atoms. The highest BCUT2D eigenvalue weighted by atomic mass is 19.1. The number of phenols is 1. The maximum atomic E-state index is 13.1. The molecule has 20 heavy (non-hydrogen) atoms. The number of rotatable bonds is 1. The fraction of sp³-hybridized carbons (Fsp3) is 0.0625. The molecule has 1 aromatic heterocycles. The van der Waals surface area contributed by atoms with E-state index in [1.807, 2.05) is 0 Å². The van der Waals surface area contributed by atoms with E-state index in [0.29, 0.717) is 27.7 Å². The van der Waals surface area contributed by atoms with Crippen LogP contribution in [-0.2, 0) is 0 Å². The number of halogens is 1. The van der Waals surface area contributed by atoms with Crippen LogP contribution in [0, 0.1) is 12.7 Å². The van der Waals surface area contributed by atoms with Gasteiger partial charge in [0.2, 0.25) is 5.43 Å². The molecule has 4 heteroatoms. The molecule has 0 aliphatic carbocycles. The van der Waals surface area contributed by atoms with E-state index in [0.717, 1.165) is 0 Å². The number of aryl methyl sites for hydroxylation is 1. The largest absolute Gasteiger partial charge is 0.508 e. The first kappa shape index (κ1) is 12.4. The quantitative estimate of drug-likeness (QED) is 0.734. The van der Waals surface area contributed by atoms with Crippen LogP contribution in [0.4, 0.5) is 4.39 Å². The molecule has 0 aliphatic heterocycles. The third kappa shape index (κ3) is 1.95. The smallest absolute Gasteiger partial charge is 0.200 e. The molecule has 0 saturated heterocycles. The van der Waals surface area contributed by atoms with E-state index >= 15 is 0 Å². The fourth-order valence-electron chi connectivity index (χ4n) is 2.23. The molecule has 0 radical (unpaired) electrons. The van der Waals surface area contributed by atoms with Gasteiger partial charge in [-0.2, -0.15) is 0 Å². The van der Waals surface area contributed by atoms with Crippen LogP contribution in [0.15, 0.2) is 51.9 Å². The summed E-state index contributed by atoms with van der Waals surface area (Å²) in [6.45, 7) is 1.73. The summed E-state index contributed by atoms with van der Waals surface area (Å²) in [5.74, 6) is -0.312. The van der Waals surface area contributed by atoms with Crippen molar-refractivity contribution < 1.29 is 13.9 Å². The Morgan fingerprint density at radius 2 is 1.90 bits per heavy atom. The first-order chi connectivity index (χ1) is 9.56. The molecule has 3 aromatic rings. The van der Waals surface area contributed by atoms with Crippen molar-refractivity contribution in [2.24, 2.45) is 0 Å². The lowest BCUT2D eigenvalue weighted by Crippen LogP contribution is -2.05. The first-order valence-electron chi connectivity index (χ1n) is 6.07. The molecule has 0 fully saturated rings. The van der Waals surface area contributed by atoms with E-state index in [2.05, 4.69) is 0 Å². The van der Waals surface area contributed by atoms with Crippen LogP contribution in [0.3, 0.4) is 0 Å². The van der Waals surface area contributed by atoms with Gasteiger partial charge in [-0.25, -0.2) is 4.39 Å². The van der Waals surface area contributed by atoms with Crippen LogP contribution >= 0.6 is 0 Å². The number of aromatic hydroxyl groups is 1. The Bertz CT molecular complexity index is 865. The second kappa shape index (κ2) is 4.49. The molecule has 100 valence electrons. The van der Waals surface area contributed by atoms with Gasteiger partial charge in [0, 0.05) is 6.07 Å². The molecule has 0 atom stereocenters. The van der Waals surface area contributed by atoms with Crippen LogP contribution in [0.1, 0.15) is 5.56 Å². The highest BCUT2D eigenvalue weighted by Gasteiger charge is 2.11. The van der Waals surface area contributed by atoms with E-state index in [4.69, 9.17) is 4.42 Å². The van der Waals surface area contributed by atoms with E-state index in [1.54, 1.807) is 13.0 Å². The Morgan fingerprint density at radius 1 is 1.10 bits per heavy atom. The molecular formula is C16H11FO3. The second-order valence-corrected chi connectivity index (χ2v) is 4.62. The number of hydrogen-bond acceptors (Lipinski definition) is 3. The number of hydrogen-bond donors (Lipinski definition) is 1. The van der Waals surface area contributed by atoms with Crippen molar-refractivity contribution in [3.63, 3.8) is 0 Å². The summed E-state index contributed by atoms with van der Waals surface area (Å²) >= 11 is 0. The lowest BCUT2D eigenvalue weighted by molar-refractivity contribution is 0.474. The Balaban J connectivity index is 2.30. The molecule has 0 unspecified atom stereocenters. The van der Waals surface area contributed by atoms with Crippen molar-refractivity contribution in [3.8, 4) is 16.9 Å². The summed E-state index contributed by atoms with van der Waals surface area (Å²) in [4.78, 5) is 12.4. The van der Waals surface area contributed by atoms with Gasteiger partial charge in [-0.1, -0.05) is 6.07 Å². The lowest BCUT2D eigenvalue weighted by atomic mass is 10.0. The summed E-state index contributed by atoms with van der Waals surface area (Å²) in [6, 6.07) is 8.57. The van der Waals surface area contributed by atoms with Crippen LogP contribution in [-0.4, -0.2) is 5.11 Å². The summed E-state index contributed by atoms with van der Waals surface area (Å²) in [5.41, 5.74) is 1.78. The van der Waals surface area contributed by atoms with E-state index in [9.17, 15) is 14.3 Å². The van der Waals surface area contributed by atoms with Crippen LogP contribution in [0.5, 0.6) is 5.75 Å². The van der Waals surface area contributed by atoms with E-state index in [-0.39, 0.29) is 17.0 Å². The van der Waals surface area contributed by atoms with Gasteiger partial charge in [0.25, 0.3) is 0 Å². The van der Waals surface area contributed by atoms with Crippen molar-refractivity contribution in [2.45, 2.75) is 6.92 Å². The standard InChI is InChI=1S/C16H11FO3/c1-9-6-10(17)2-4-12(9)14-8-20-15-7-11(18)3-5-13(15)16(14)19/h2-8,18H,1H3. The molecule has 3 nitrogen and oxygen atoms in total. The van der Waals surface area contributed by atoms with Crippen molar-refractivity contribution in [2.75, 3.05) is 0 Å². The highest BCUT2D eigenvalue weighted by Crippen LogP contribution is 2.25. The van der Waals surface area contributed by atoms with Gasteiger partial charge in [-0.15, -0.1) is 0 Å². The van der Waals surface area contributed by atoms with Gasteiger partial charge in [-0.05, 0) is 42.3 Å². The Labute approximate surface area is 113 Å². The topological polar surface area (TPSA) is 50.4 Å². The maximum Gasteiger partial charge on any atom is 0.200 e. The minimum atomic E-state index is -0.346. The van der Waals surface area contributed by atoms with Crippen LogP contribution in [0.2, 0.25) is 0 Å². The minimum Gasteiger partial charge on any atom is -0.508 e. The van der Waals surface area contributed by atoms with Gasteiger partial charge in [-0.3, -0.25) is 4.79 Å². The predicted octanol–water partition coefficient (Wildman–Crippen LogP) is 3.61. The van der Waals surface area contributed by atoms with Crippen LogP contribution < -0.4 is 5.43 Å². The van der Waals surface area contributed by atoms with Gasteiger partial charge in [0.15, 0.2) is 0 Å². The van der Waals surface area contributed by atoms with Gasteiger partial charge < -0.3 is 9.52 Å². The SMILES string of the molecule is Cc1cc(F)ccc1-c1coc2cc(O)ccc2c1=O. The zero-order chi connectivity index (χ0) is 14.3. The zero-order valence-corrected chi connectivity index (χ0v) is 10.7. The molecule has 0 spiro atoms. The van der Waals surface area contributed by atoms with Crippen molar-refractivity contribution in [1.82, 2.24) is 0 Å². The van der Waals surface area contributed by atoms with Gasteiger partial charge >= 0.3 is 0 Å². The van der Waals surface area contributed by atoms with Crippen molar-refractivity contribution in [1.29, 1.82) is 0 Å². The van der Waals surface area contributed by atoms with Gasteiger partial charge in [0.05, 0.1) is 10.9 Å². The molecule has 0 aliphatic rings. The average molecular weight is 270 g/mol. The summed E-state index contributed by atoms with van der Waals surface area (Å²) < 4.78 is 18.5. The minimum absolute atomic E-state index is 0.0337. The van der Waals surface area contributed by atoms with Crippen molar-refractivity contribution in [3.05, 3.63) is 64.3 Å².